The smallest absolute Gasteiger partial charge is 0.234 e. The third-order valence-corrected chi connectivity index (χ3v) is 5.15. The van der Waals surface area contributed by atoms with Crippen LogP contribution in [0.25, 0.3) is 0 Å². The van der Waals surface area contributed by atoms with Crippen LogP contribution in [0.4, 0.5) is 11.4 Å². The molecule has 1 amide bonds. The average molecular weight is 406 g/mol. The van der Waals surface area contributed by atoms with Crippen LogP contribution in [0.1, 0.15) is 0 Å². The fraction of sp³-hybridized carbons (Fsp3) is 0.0714. The lowest BCUT2D eigenvalue weighted by atomic mass is 10.3. The number of anilines is 2. The largest absolute Gasteiger partial charge is 0.399 e. The lowest BCUT2D eigenvalue weighted by Gasteiger charge is -2.10. The van der Waals surface area contributed by atoms with Crippen molar-refractivity contribution in [3.05, 3.63) is 50.9 Å². The molecule has 0 fully saturated rings. The summed E-state index contributed by atoms with van der Waals surface area (Å²) in [5.41, 5.74) is 6.45. The Labute approximate surface area is 145 Å². The first-order valence-electron chi connectivity index (χ1n) is 5.89. The second-order valence-corrected chi connectivity index (χ2v) is 6.81. The van der Waals surface area contributed by atoms with E-state index in [9.17, 15) is 4.79 Å². The van der Waals surface area contributed by atoms with E-state index in [0.29, 0.717) is 21.4 Å². The van der Waals surface area contributed by atoms with Crippen molar-refractivity contribution in [2.75, 3.05) is 16.8 Å². The molecule has 0 aromatic heterocycles. The monoisotopic (exact) mass is 404 g/mol. The molecule has 7 heteroatoms. The molecule has 110 valence electrons. The highest BCUT2D eigenvalue weighted by Crippen LogP contribution is 2.33. The molecule has 0 bridgehead atoms. The normalized spacial score (nSPS) is 10.4. The fourth-order valence-corrected chi connectivity index (χ4v) is 3.56. The van der Waals surface area contributed by atoms with Gasteiger partial charge in [-0.1, -0.05) is 35.3 Å². The van der Waals surface area contributed by atoms with Gasteiger partial charge < -0.3 is 11.1 Å². The van der Waals surface area contributed by atoms with Crippen molar-refractivity contribution in [1.29, 1.82) is 0 Å². The van der Waals surface area contributed by atoms with Crippen LogP contribution in [-0.2, 0) is 4.79 Å². The number of benzene rings is 2. The van der Waals surface area contributed by atoms with Crippen LogP contribution in [0.15, 0.2) is 45.8 Å². The van der Waals surface area contributed by atoms with Gasteiger partial charge in [0.1, 0.15) is 0 Å². The lowest BCUT2D eigenvalue weighted by Crippen LogP contribution is -2.14. The lowest BCUT2D eigenvalue weighted by molar-refractivity contribution is -0.113. The molecule has 0 aliphatic heterocycles. The summed E-state index contributed by atoms with van der Waals surface area (Å²) < 4.78 is 0.950. The molecule has 0 saturated heterocycles. The van der Waals surface area contributed by atoms with E-state index in [1.165, 1.54) is 11.8 Å². The van der Waals surface area contributed by atoms with Crippen LogP contribution < -0.4 is 11.1 Å². The summed E-state index contributed by atoms with van der Waals surface area (Å²) in [5.74, 6) is 0.0592. The highest BCUT2D eigenvalue weighted by Gasteiger charge is 2.12. The molecular formula is C14H11BrCl2N2OS. The Morgan fingerprint density at radius 2 is 1.86 bits per heavy atom. The van der Waals surface area contributed by atoms with Gasteiger partial charge in [0.2, 0.25) is 5.91 Å². The average Bonchev–Trinajstić information content (AvgIpc) is 2.42. The minimum absolute atomic E-state index is 0.190. The fourth-order valence-electron chi connectivity index (χ4n) is 1.59. The third-order valence-electron chi connectivity index (χ3n) is 2.52. The van der Waals surface area contributed by atoms with Gasteiger partial charge in [0.15, 0.2) is 0 Å². The quantitative estimate of drug-likeness (QED) is 0.551. The van der Waals surface area contributed by atoms with E-state index in [1.54, 1.807) is 12.1 Å². The van der Waals surface area contributed by atoms with Gasteiger partial charge >= 0.3 is 0 Å². The number of carbonyl (C=O) groups is 1. The van der Waals surface area contributed by atoms with Crippen LogP contribution >= 0.6 is 50.9 Å². The topological polar surface area (TPSA) is 55.1 Å². The van der Waals surface area contributed by atoms with E-state index in [1.807, 2.05) is 24.3 Å². The second-order valence-electron chi connectivity index (χ2n) is 4.13. The Bertz CT molecular complexity index is 659. The third kappa shape index (κ3) is 4.54. The minimum atomic E-state index is -0.190. The van der Waals surface area contributed by atoms with Crippen LogP contribution in [0.2, 0.25) is 10.0 Å². The molecule has 0 aliphatic rings. The first-order chi connectivity index (χ1) is 9.97. The van der Waals surface area contributed by atoms with Crippen molar-refractivity contribution in [3.63, 3.8) is 0 Å². The number of hydrogen-bond donors (Lipinski definition) is 2. The van der Waals surface area contributed by atoms with Crippen molar-refractivity contribution in [2.24, 2.45) is 0 Å². The Kier molecular flexibility index (Phi) is 5.81. The number of hydrogen-bond acceptors (Lipinski definition) is 3. The van der Waals surface area contributed by atoms with Gasteiger partial charge in [-0.05, 0) is 40.2 Å². The maximum atomic E-state index is 12.0. The zero-order valence-corrected chi connectivity index (χ0v) is 14.6. The minimum Gasteiger partial charge on any atom is -0.399 e. The molecule has 2 aromatic rings. The standard InChI is InChI=1S/C14H11BrCl2N2OS/c15-9-3-1-2-4-12(9)21-7-13(20)19-14-10(16)5-8(18)6-11(14)17/h1-6H,7,18H2,(H,19,20). The number of nitrogen functional groups attached to an aromatic ring is 1. The Hall–Kier alpha value is -0.880. The molecule has 21 heavy (non-hydrogen) atoms. The molecular weight excluding hydrogens is 395 g/mol. The summed E-state index contributed by atoms with van der Waals surface area (Å²) in [6, 6.07) is 10.8. The summed E-state index contributed by atoms with van der Waals surface area (Å²) >= 11 is 16.9. The predicted octanol–water partition coefficient (Wildman–Crippen LogP) is 5.07. The molecule has 0 radical (unpaired) electrons. The van der Waals surface area contributed by atoms with E-state index in [0.717, 1.165) is 9.37 Å². The van der Waals surface area contributed by atoms with Gasteiger partial charge in [0.05, 0.1) is 21.5 Å². The zero-order valence-electron chi connectivity index (χ0n) is 10.7. The van der Waals surface area contributed by atoms with Crippen LogP contribution in [0.5, 0.6) is 0 Å². The van der Waals surface area contributed by atoms with E-state index < -0.39 is 0 Å². The highest BCUT2D eigenvalue weighted by atomic mass is 79.9. The van der Waals surface area contributed by atoms with Crippen molar-refractivity contribution in [3.8, 4) is 0 Å². The van der Waals surface area contributed by atoms with Crippen LogP contribution in [-0.4, -0.2) is 11.7 Å². The van der Waals surface area contributed by atoms with Gasteiger partial charge in [-0.25, -0.2) is 0 Å². The van der Waals surface area contributed by atoms with E-state index in [4.69, 9.17) is 28.9 Å². The maximum Gasteiger partial charge on any atom is 0.234 e. The molecule has 3 N–H and O–H groups in total. The molecule has 0 aliphatic carbocycles. The zero-order chi connectivity index (χ0) is 15.4. The molecule has 0 unspecified atom stereocenters. The van der Waals surface area contributed by atoms with Crippen LogP contribution in [0.3, 0.4) is 0 Å². The number of nitrogens with one attached hydrogen (secondary N) is 1. The molecule has 2 rings (SSSR count). The molecule has 3 nitrogen and oxygen atoms in total. The van der Waals surface area contributed by atoms with Gasteiger partial charge in [0, 0.05) is 15.1 Å². The number of carbonyl (C=O) groups excluding carboxylic acids is 1. The van der Waals surface area contributed by atoms with Gasteiger partial charge in [-0.3, -0.25) is 4.79 Å². The van der Waals surface area contributed by atoms with Crippen molar-refractivity contribution in [1.82, 2.24) is 0 Å². The van der Waals surface area contributed by atoms with Crippen LogP contribution in [0, 0.1) is 0 Å². The summed E-state index contributed by atoms with van der Waals surface area (Å²) in [7, 11) is 0. The second kappa shape index (κ2) is 7.40. The summed E-state index contributed by atoms with van der Waals surface area (Å²) in [4.78, 5) is 13.0. The van der Waals surface area contributed by atoms with Crippen molar-refractivity contribution in [2.45, 2.75) is 4.90 Å². The first kappa shape index (κ1) is 16.5. The van der Waals surface area contributed by atoms with E-state index >= 15 is 0 Å². The maximum absolute atomic E-state index is 12.0. The first-order valence-corrected chi connectivity index (χ1v) is 8.42. The molecule has 0 spiro atoms. The van der Waals surface area contributed by atoms with E-state index in [2.05, 4.69) is 21.2 Å². The molecule has 0 atom stereocenters. The number of rotatable bonds is 4. The summed E-state index contributed by atoms with van der Waals surface area (Å²) in [6.45, 7) is 0. The Balaban J connectivity index is 2.01. The van der Waals surface area contributed by atoms with Gasteiger partial charge in [-0.15, -0.1) is 11.8 Å². The number of thioether (sulfide) groups is 1. The van der Waals surface area contributed by atoms with Crippen molar-refractivity contribution >= 4 is 68.2 Å². The van der Waals surface area contributed by atoms with Gasteiger partial charge in [0.25, 0.3) is 0 Å². The number of halogens is 3. The Morgan fingerprint density at radius 3 is 2.48 bits per heavy atom. The number of nitrogens with two attached hydrogens (primary N) is 1. The highest BCUT2D eigenvalue weighted by molar-refractivity contribution is 9.10. The summed E-state index contributed by atoms with van der Waals surface area (Å²) in [6.07, 6.45) is 0. The van der Waals surface area contributed by atoms with Crippen molar-refractivity contribution < 1.29 is 4.79 Å². The molecule has 2 aromatic carbocycles. The molecule has 0 heterocycles. The summed E-state index contributed by atoms with van der Waals surface area (Å²) in [5, 5.41) is 3.34. The molecule has 0 saturated carbocycles. The predicted molar refractivity (Wildman–Crippen MR) is 94.4 cm³/mol. The Morgan fingerprint density at radius 1 is 1.24 bits per heavy atom. The number of amides is 1. The van der Waals surface area contributed by atoms with Gasteiger partial charge in [-0.2, -0.15) is 0 Å². The van der Waals surface area contributed by atoms with E-state index in [-0.39, 0.29) is 11.7 Å². The SMILES string of the molecule is Nc1cc(Cl)c(NC(=O)CSc2ccccc2Br)c(Cl)c1.